The molecule has 1 aromatic rings. The summed E-state index contributed by atoms with van der Waals surface area (Å²) < 4.78 is 26.4. The maximum absolute atomic E-state index is 13.4. The predicted molar refractivity (Wildman–Crippen MR) is 78.6 cm³/mol. The number of halogens is 2. The first-order chi connectivity index (χ1) is 9.49. The lowest BCUT2D eigenvalue weighted by molar-refractivity contribution is 0.201. The number of likely N-dealkylation sites (N-methyl/N-ethyl adjacent to an activating group) is 1. The van der Waals surface area contributed by atoms with Crippen LogP contribution >= 0.6 is 0 Å². The third kappa shape index (κ3) is 4.81. The number of nitrogens with zero attached hydrogens (tertiary/aromatic N) is 2. The van der Waals surface area contributed by atoms with Crippen LogP contribution in [0.25, 0.3) is 0 Å². The van der Waals surface area contributed by atoms with Crippen molar-refractivity contribution < 1.29 is 8.78 Å². The smallest absolute Gasteiger partial charge is 0.159 e. The lowest BCUT2D eigenvalue weighted by atomic mass is 10.0. The molecule has 5 heteroatoms. The van der Waals surface area contributed by atoms with Crippen LogP contribution in [0.3, 0.4) is 0 Å². The lowest BCUT2D eigenvalue weighted by Gasteiger charge is -2.30. The molecule has 1 rings (SSSR count). The van der Waals surface area contributed by atoms with Gasteiger partial charge in [0.05, 0.1) is 0 Å². The van der Waals surface area contributed by atoms with E-state index in [0.29, 0.717) is 6.54 Å². The molecular weight excluding hydrogens is 260 g/mol. The van der Waals surface area contributed by atoms with E-state index in [4.69, 9.17) is 5.73 Å². The van der Waals surface area contributed by atoms with Gasteiger partial charge in [-0.25, -0.2) is 8.78 Å². The van der Waals surface area contributed by atoms with Crippen LogP contribution in [0.5, 0.6) is 0 Å². The Labute approximate surface area is 120 Å². The number of nitrogens with two attached hydrogens (primary N) is 1. The second-order valence-electron chi connectivity index (χ2n) is 5.21. The van der Waals surface area contributed by atoms with Gasteiger partial charge in [0.2, 0.25) is 0 Å². The molecule has 2 N–H and O–H groups in total. The highest BCUT2D eigenvalue weighted by Gasteiger charge is 2.18. The Morgan fingerprint density at radius 3 is 2.35 bits per heavy atom. The van der Waals surface area contributed by atoms with Gasteiger partial charge in [-0.2, -0.15) is 0 Å². The summed E-state index contributed by atoms with van der Waals surface area (Å²) in [6.45, 7) is 5.15. The quantitative estimate of drug-likeness (QED) is 0.795. The van der Waals surface area contributed by atoms with Gasteiger partial charge < -0.3 is 10.6 Å². The van der Waals surface area contributed by atoms with E-state index in [2.05, 4.69) is 16.7 Å². The molecular formula is C15H25F2N3. The van der Waals surface area contributed by atoms with Crippen LogP contribution in [-0.4, -0.2) is 50.1 Å². The topological polar surface area (TPSA) is 32.5 Å². The first-order valence-electron chi connectivity index (χ1n) is 7.03. The molecule has 0 aromatic heterocycles. The largest absolute Gasteiger partial charge is 0.329 e. The maximum atomic E-state index is 13.4. The van der Waals surface area contributed by atoms with Gasteiger partial charge in [-0.05, 0) is 51.3 Å². The fourth-order valence-electron chi connectivity index (χ4n) is 2.34. The van der Waals surface area contributed by atoms with Crippen molar-refractivity contribution in [3.63, 3.8) is 0 Å². The molecule has 0 bridgehead atoms. The van der Waals surface area contributed by atoms with Gasteiger partial charge in [0.25, 0.3) is 0 Å². The molecule has 0 amide bonds. The first kappa shape index (κ1) is 17.0. The van der Waals surface area contributed by atoms with Crippen molar-refractivity contribution in [3.8, 4) is 0 Å². The minimum absolute atomic E-state index is 0.0720. The van der Waals surface area contributed by atoms with Crippen molar-refractivity contribution >= 4 is 0 Å². The summed E-state index contributed by atoms with van der Waals surface area (Å²) in [5.41, 5.74) is 6.57. The molecule has 3 nitrogen and oxygen atoms in total. The van der Waals surface area contributed by atoms with E-state index in [-0.39, 0.29) is 6.04 Å². The van der Waals surface area contributed by atoms with Gasteiger partial charge in [-0.3, -0.25) is 4.90 Å². The van der Waals surface area contributed by atoms with Gasteiger partial charge in [-0.1, -0.05) is 13.0 Å². The van der Waals surface area contributed by atoms with Gasteiger partial charge in [0.15, 0.2) is 11.6 Å². The molecule has 0 aliphatic rings. The molecule has 1 aromatic carbocycles. The summed E-state index contributed by atoms with van der Waals surface area (Å²) in [6.07, 6.45) is 1.01. The Hall–Kier alpha value is -1.04. The third-order valence-electron chi connectivity index (χ3n) is 3.45. The van der Waals surface area contributed by atoms with Crippen molar-refractivity contribution in [2.75, 3.05) is 40.3 Å². The highest BCUT2D eigenvalue weighted by Crippen LogP contribution is 2.21. The molecule has 0 spiro atoms. The monoisotopic (exact) mass is 285 g/mol. The highest BCUT2D eigenvalue weighted by atomic mass is 19.2. The number of hydrogen-bond acceptors (Lipinski definition) is 3. The summed E-state index contributed by atoms with van der Waals surface area (Å²) in [6, 6.07) is 3.96. The number of rotatable bonds is 8. The van der Waals surface area contributed by atoms with Crippen LogP contribution in [-0.2, 0) is 0 Å². The van der Waals surface area contributed by atoms with E-state index in [1.165, 1.54) is 12.1 Å². The average Bonchev–Trinajstić information content (AvgIpc) is 2.41. The zero-order valence-electron chi connectivity index (χ0n) is 12.6. The molecule has 0 fully saturated rings. The van der Waals surface area contributed by atoms with Crippen LogP contribution in [0.15, 0.2) is 18.2 Å². The van der Waals surface area contributed by atoms with E-state index in [1.54, 1.807) is 6.07 Å². The highest BCUT2D eigenvalue weighted by molar-refractivity contribution is 5.21. The molecule has 0 aliphatic carbocycles. The normalized spacial score (nSPS) is 13.2. The molecule has 20 heavy (non-hydrogen) atoms. The zero-order valence-corrected chi connectivity index (χ0v) is 12.6. The molecule has 0 saturated carbocycles. The summed E-state index contributed by atoms with van der Waals surface area (Å²) in [5, 5.41) is 0. The second-order valence-corrected chi connectivity index (χ2v) is 5.21. The lowest BCUT2D eigenvalue weighted by Crippen LogP contribution is -2.35. The van der Waals surface area contributed by atoms with Gasteiger partial charge in [-0.15, -0.1) is 0 Å². The Balaban J connectivity index is 2.77. The Kier molecular flexibility index (Phi) is 7.05. The Bertz CT molecular complexity index is 410. The molecule has 0 radical (unpaired) electrons. The predicted octanol–water partition coefficient (Wildman–Crippen LogP) is 2.24. The fourth-order valence-corrected chi connectivity index (χ4v) is 2.34. The number of benzene rings is 1. The van der Waals surface area contributed by atoms with E-state index in [1.807, 2.05) is 14.1 Å². The van der Waals surface area contributed by atoms with E-state index in [9.17, 15) is 8.78 Å². The minimum Gasteiger partial charge on any atom is -0.329 e. The summed E-state index contributed by atoms with van der Waals surface area (Å²) >= 11 is 0. The minimum atomic E-state index is -0.819. The fraction of sp³-hybridized carbons (Fsp3) is 0.600. The third-order valence-corrected chi connectivity index (χ3v) is 3.45. The van der Waals surface area contributed by atoms with Crippen LogP contribution < -0.4 is 5.73 Å². The molecule has 0 aliphatic heterocycles. The summed E-state index contributed by atoms with van der Waals surface area (Å²) in [5.74, 6) is -1.63. The van der Waals surface area contributed by atoms with Crippen molar-refractivity contribution in [2.24, 2.45) is 5.73 Å². The van der Waals surface area contributed by atoms with Crippen molar-refractivity contribution in [3.05, 3.63) is 35.4 Å². The van der Waals surface area contributed by atoms with Crippen LogP contribution in [0.2, 0.25) is 0 Å². The van der Waals surface area contributed by atoms with Crippen molar-refractivity contribution in [1.82, 2.24) is 9.80 Å². The molecule has 1 atom stereocenters. The molecule has 1 unspecified atom stereocenters. The maximum Gasteiger partial charge on any atom is 0.159 e. The summed E-state index contributed by atoms with van der Waals surface area (Å²) in [7, 11) is 4.07. The Morgan fingerprint density at radius 2 is 1.85 bits per heavy atom. The van der Waals surface area contributed by atoms with Crippen LogP contribution in [0, 0.1) is 11.6 Å². The summed E-state index contributed by atoms with van der Waals surface area (Å²) in [4.78, 5) is 4.33. The van der Waals surface area contributed by atoms with Crippen LogP contribution in [0.4, 0.5) is 8.78 Å². The Morgan fingerprint density at radius 1 is 1.15 bits per heavy atom. The average molecular weight is 285 g/mol. The SMILES string of the molecule is CCN(CCCN(C)C)C(CN)c1ccc(F)c(F)c1. The van der Waals surface area contributed by atoms with Crippen molar-refractivity contribution in [2.45, 2.75) is 19.4 Å². The first-order valence-corrected chi connectivity index (χ1v) is 7.03. The standard InChI is InChI=1S/C15H25F2N3/c1-4-20(9-5-8-19(2)3)15(11-18)12-6-7-13(16)14(17)10-12/h6-7,10,15H,4-5,8-9,11,18H2,1-3H3. The zero-order chi connectivity index (χ0) is 15.1. The van der Waals surface area contributed by atoms with Crippen molar-refractivity contribution in [1.29, 1.82) is 0 Å². The van der Waals surface area contributed by atoms with Gasteiger partial charge in [0.1, 0.15) is 0 Å². The molecule has 114 valence electrons. The van der Waals surface area contributed by atoms with Gasteiger partial charge >= 0.3 is 0 Å². The van der Waals surface area contributed by atoms with E-state index in [0.717, 1.165) is 31.6 Å². The molecule has 0 heterocycles. The number of hydrogen-bond donors (Lipinski definition) is 1. The van der Waals surface area contributed by atoms with E-state index >= 15 is 0 Å². The van der Waals surface area contributed by atoms with E-state index < -0.39 is 11.6 Å². The van der Waals surface area contributed by atoms with Crippen LogP contribution in [0.1, 0.15) is 24.9 Å². The van der Waals surface area contributed by atoms with Gasteiger partial charge in [0, 0.05) is 19.1 Å². The second kappa shape index (κ2) is 8.29. The molecule has 0 saturated heterocycles.